The molecule has 6 heteroatoms. The van der Waals surface area contributed by atoms with Gasteiger partial charge in [0.2, 0.25) is 0 Å². The first-order chi connectivity index (χ1) is 13.5. The molecule has 1 fully saturated rings. The Kier molecular flexibility index (Phi) is 7.18. The van der Waals surface area contributed by atoms with E-state index in [9.17, 15) is 14.7 Å². The van der Waals surface area contributed by atoms with E-state index in [2.05, 4.69) is 0 Å². The molecule has 28 heavy (non-hydrogen) atoms. The molecule has 1 aliphatic heterocycles. The minimum atomic E-state index is -0.779. The maximum Gasteiger partial charge on any atom is 0.306 e. The van der Waals surface area contributed by atoms with Crippen LogP contribution in [0, 0.1) is 5.92 Å². The van der Waals surface area contributed by atoms with Crippen molar-refractivity contribution in [1.82, 2.24) is 4.90 Å². The van der Waals surface area contributed by atoms with Crippen LogP contribution in [0.4, 0.5) is 0 Å². The first kappa shape index (κ1) is 20.5. The Labute approximate surface area is 174 Å². The van der Waals surface area contributed by atoms with Gasteiger partial charge in [0.15, 0.2) is 0 Å². The molecule has 1 amide bonds. The van der Waals surface area contributed by atoms with Crippen LogP contribution < -0.4 is 0 Å². The van der Waals surface area contributed by atoms with Crippen LogP contribution in [0.3, 0.4) is 0 Å². The number of thioether (sulfide) groups is 1. The normalized spacial score (nSPS) is 15.5. The summed E-state index contributed by atoms with van der Waals surface area (Å²) in [4.78, 5) is 27.2. The van der Waals surface area contributed by atoms with Crippen LogP contribution in [0.5, 0.6) is 0 Å². The maximum absolute atomic E-state index is 13.2. The topological polar surface area (TPSA) is 57.6 Å². The molecule has 2 aromatic rings. The Morgan fingerprint density at radius 1 is 1.07 bits per heavy atom. The van der Waals surface area contributed by atoms with Crippen LogP contribution >= 0.6 is 23.4 Å². The van der Waals surface area contributed by atoms with Crippen LogP contribution in [0.2, 0.25) is 5.02 Å². The van der Waals surface area contributed by atoms with E-state index >= 15 is 0 Å². The van der Waals surface area contributed by atoms with Crippen molar-refractivity contribution in [2.75, 3.05) is 18.8 Å². The van der Waals surface area contributed by atoms with Crippen molar-refractivity contribution in [3.8, 4) is 0 Å². The SMILES string of the molecule is O=C(O)C1CCN(C(=O)C(=Cc2ccccc2Cl)CSc2ccccc2)CC1. The Balaban J connectivity index is 1.78. The number of nitrogens with zero attached hydrogens (tertiary/aromatic N) is 1. The molecule has 3 rings (SSSR count). The molecule has 0 aromatic heterocycles. The number of hydrogen-bond acceptors (Lipinski definition) is 3. The van der Waals surface area contributed by atoms with Gasteiger partial charge in [-0.1, -0.05) is 48.0 Å². The lowest BCUT2D eigenvalue weighted by Crippen LogP contribution is -2.41. The van der Waals surface area contributed by atoms with Crippen LogP contribution in [-0.4, -0.2) is 40.7 Å². The van der Waals surface area contributed by atoms with E-state index in [1.54, 1.807) is 22.7 Å². The first-order valence-corrected chi connectivity index (χ1v) is 10.6. The number of carboxylic acids is 1. The lowest BCUT2D eigenvalue weighted by Gasteiger charge is -2.31. The monoisotopic (exact) mass is 415 g/mol. The lowest BCUT2D eigenvalue weighted by molar-refractivity contribution is -0.145. The van der Waals surface area contributed by atoms with Gasteiger partial charge in [0.1, 0.15) is 0 Å². The number of benzene rings is 2. The Morgan fingerprint density at radius 2 is 1.71 bits per heavy atom. The van der Waals surface area contributed by atoms with E-state index < -0.39 is 5.97 Å². The van der Waals surface area contributed by atoms with Gasteiger partial charge in [0.25, 0.3) is 5.91 Å². The van der Waals surface area contributed by atoms with Gasteiger partial charge < -0.3 is 10.0 Å². The van der Waals surface area contributed by atoms with E-state index in [4.69, 9.17) is 11.6 Å². The van der Waals surface area contributed by atoms with E-state index in [0.717, 1.165) is 10.5 Å². The Morgan fingerprint density at radius 3 is 2.36 bits per heavy atom. The van der Waals surface area contributed by atoms with Crippen molar-refractivity contribution in [2.45, 2.75) is 17.7 Å². The molecule has 1 heterocycles. The second kappa shape index (κ2) is 9.80. The third-order valence-electron chi connectivity index (χ3n) is 4.78. The zero-order valence-electron chi connectivity index (χ0n) is 15.4. The lowest BCUT2D eigenvalue weighted by atomic mass is 9.96. The number of piperidine rings is 1. The summed E-state index contributed by atoms with van der Waals surface area (Å²) in [5.74, 6) is -0.670. The number of likely N-dealkylation sites (tertiary alicyclic amines) is 1. The maximum atomic E-state index is 13.2. The second-order valence-electron chi connectivity index (χ2n) is 6.70. The van der Waals surface area contributed by atoms with E-state index in [1.807, 2.05) is 54.6 Å². The standard InChI is InChI=1S/C22H22ClNO3S/c23-20-9-5-4-6-17(20)14-18(15-28-19-7-2-1-3-8-19)21(25)24-12-10-16(11-13-24)22(26)27/h1-9,14,16H,10-13,15H2,(H,26,27). The van der Waals surface area contributed by atoms with E-state index in [-0.39, 0.29) is 11.8 Å². The number of rotatable bonds is 6. The molecular formula is C22H22ClNO3S. The summed E-state index contributed by atoms with van der Waals surface area (Å²) in [6, 6.07) is 17.4. The van der Waals surface area contributed by atoms with Crippen molar-refractivity contribution in [3.63, 3.8) is 0 Å². The number of carbonyl (C=O) groups excluding carboxylic acids is 1. The Hall–Kier alpha value is -2.24. The highest BCUT2D eigenvalue weighted by atomic mass is 35.5. The highest BCUT2D eigenvalue weighted by molar-refractivity contribution is 7.99. The molecule has 4 nitrogen and oxygen atoms in total. The summed E-state index contributed by atoms with van der Waals surface area (Å²) < 4.78 is 0. The number of aliphatic carboxylic acids is 1. The first-order valence-electron chi connectivity index (χ1n) is 9.19. The third-order valence-corrected chi connectivity index (χ3v) is 6.18. The van der Waals surface area contributed by atoms with Crippen LogP contribution in [0.25, 0.3) is 6.08 Å². The van der Waals surface area contributed by atoms with Gasteiger partial charge in [-0.05, 0) is 42.7 Å². The minimum Gasteiger partial charge on any atom is -0.481 e. The highest BCUT2D eigenvalue weighted by Crippen LogP contribution is 2.26. The number of amides is 1. The van der Waals surface area contributed by atoms with Crippen LogP contribution in [0.1, 0.15) is 18.4 Å². The molecule has 1 N–H and O–H groups in total. The Bertz CT molecular complexity index is 861. The second-order valence-corrected chi connectivity index (χ2v) is 8.15. The van der Waals surface area contributed by atoms with Crippen molar-refractivity contribution in [2.24, 2.45) is 5.92 Å². The third kappa shape index (κ3) is 5.40. The molecule has 0 spiro atoms. The summed E-state index contributed by atoms with van der Waals surface area (Å²) in [5, 5.41) is 9.77. The average molecular weight is 416 g/mol. The van der Waals surface area contributed by atoms with Gasteiger partial charge in [0.05, 0.1) is 5.92 Å². The summed E-state index contributed by atoms with van der Waals surface area (Å²) in [6.45, 7) is 0.928. The molecule has 1 aliphatic rings. The predicted octanol–water partition coefficient (Wildman–Crippen LogP) is 4.84. The molecular weight excluding hydrogens is 394 g/mol. The van der Waals surface area contributed by atoms with Gasteiger partial charge in [0, 0.05) is 34.3 Å². The molecule has 0 bridgehead atoms. The fourth-order valence-electron chi connectivity index (χ4n) is 3.16. The fourth-order valence-corrected chi connectivity index (χ4v) is 4.22. The number of hydrogen-bond donors (Lipinski definition) is 1. The zero-order chi connectivity index (χ0) is 19.9. The molecule has 0 aliphatic carbocycles. The van der Waals surface area contributed by atoms with Gasteiger partial charge >= 0.3 is 5.97 Å². The smallest absolute Gasteiger partial charge is 0.306 e. The summed E-state index contributed by atoms with van der Waals surface area (Å²) in [6.07, 6.45) is 2.84. The molecule has 0 unspecified atom stereocenters. The van der Waals surface area contributed by atoms with Crippen molar-refractivity contribution >= 4 is 41.3 Å². The fraction of sp³-hybridized carbons (Fsp3) is 0.273. The van der Waals surface area contributed by atoms with Gasteiger partial charge in [-0.25, -0.2) is 0 Å². The van der Waals surface area contributed by atoms with E-state index in [0.29, 0.717) is 42.3 Å². The molecule has 0 saturated carbocycles. The zero-order valence-corrected chi connectivity index (χ0v) is 17.0. The van der Waals surface area contributed by atoms with Gasteiger partial charge in [-0.2, -0.15) is 0 Å². The minimum absolute atomic E-state index is 0.0489. The van der Waals surface area contributed by atoms with Gasteiger partial charge in [-0.3, -0.25) is 9.59 Å². The van der Waals surface area contributed by atoms with Crippen molar-refractivity contribution in [3.05, 3.63) is 70.8 Å². The number of carboxylic acid groups (broad SMARTS) is 1. The predicted molar refractivity (Wildman–Crippen MR) is 114 cm³/mol. The van der Waals surface area contributed by atoms with Crippen LogP contribution in [-0.2, 0) is 9.59 Å². The highest BCUT2D eigenvalue weighted by Gasteiger charge is 2.28. The van der Waals surface area contributed by atoms with Gasteiger partial charge in [-0.15, -0.1) is 11.8 Å². The molecule has 2 aromatic carbocycles. The van der Waals surface area contributed by atoms with Crippen LogP contribution in [0.15, 0.2) is 65.1 Å². The molecule has 0 radical (unpaired) electrons. The average Bonchev–Trinajstić information content (AvgIpc) is 2.72. The molecule has 1 saturated heterocycles. The summed E-state index contributed by atoms with van der Waals surface area (Å²) in [7, 11) is 0. The number of carbonyl (C=O) groups is 2. The summed E-state index contributed by atoms with van der Waals surface area (Å²) in [5.41, 5.74) is 1.47. The molecule has 0 atom stereocenters. The quantitative estimate of drug-likeness (QED) is 0.541. The van der Waals surface area contributed by atoms with Crippen molar-refractivity contribution in [1.29, 1.82) is 0 Å². The summed E-state index contributed by atoms with van der Waals surface area (Å²) >= 11 is 7.89. The number of halogens is 1. The van der Waals surface area contributed by atoms with E-state index in [1.165, 1.54) is 0 Å². The largest absolute Gasteiger partial charge is 0.481 e. The molecule has 146 valence electrons. The van der Waals surface area contributed by atoms with Crippen molar-refractivity contribution < 1.29 is 14.7 Å².